The topological polar surface area (TPSA) is 136 Å². The van der Waals surface area contributed by atoms with Crippen LogP contribution >= 0.6 is 0 Å². The number of rotatable bonds is 15. The quantitative estimate of drug-likeness (QED) is 0.287. The molecule has 0 rings (SSSR count). The molecule has 0 aromatic rings. The molecule has 0 aliphatic heterocycles. The van der Waals surface area contributed by atoms with Crippen LogP contribution in [-0.2, 0) is 19.1 Å². The molecule has 0 aliphatic rings. The molecule has 0 aliphatic carbocycles. The summed E-state index contributed by atoms with van der Waals surface area (Å²) in [5.41, 5.74) is -0.131. The lowest BCUT2D eigenvalue weighted by molar-refractivity contribution is -0.149. The van der Waals surface area contributed by atoms with E-state index in [1.165, 1.54) is 0 Å². The largest absolute Gasteiger partial charge is 0.480 e. The van der Waals surface area contributed by atoms with Gasteiger partial charge in [-0.15, -0.1) is 0 Å². The summed E-state index contributed by atoms with van der Waals surface area (Å²) in [6.45, 7) is 13.4. The molecule has 0 bridgehead atoms. The highest BCUT2D eigenvalue weighted by Gasteiger charge is 2.29. The van der Waals surface area contributed by atoms with Gasteiger partial charge in [-0.05, 0) is 51.5 Å². The Balaban J connectivity index is 4.54. The van der Waals surface area contributed by atoms with Gasteiger partial charge in [0.05, 0.1) is 25.3 Å². The van der Waals surface area contributed by atoms with E-state index in [9.17, 15) is 19.5 Å². The van der Waals surface area contributed by atoms with Crippen LogP contribution in [0.25, 0.3) is 0 Å². The molecule has 176 valence electrons. The van der Waals surface area contributed by atoms with Crippen LogP contribution in [0.1, 0.15) is 60.8 Å². The average molecular weight is 433 g/mol. The Morgan fingerprint density at radius 2 is 1.47 bits per heavy atom. The van der Waals surface area contributed by atoms with Crippen LogP contribution < -0.4 is 5.32 Å². The van der Waals surface area contributed by atoms with Gasteiger partial charge in [-0.25, -0.2) is 0 Å². The first-order valence-electron chi connectivity index (χ1n) is 10.4. The lowest BCUT2D eigenvalue weighted by Crippen LogP contribution is -2.46. The van der Waals surface area contributed by atoms with Gasteiger partial charge in [0.1, 0.15) is 6.04 Å². The number of unbranched alkanes of at least 4 members (excludes halogenated alkanes) is 1. The SMILES string of the molecule is CC(C)(C)OCC(CNCCCCC(C(=O)O)N(CC(=O)O)CC(=O)O)C(C)(C)C. The summed E-state index contributed by atoms with van der Waals surface area (Å²) in [6.07, 6.45) is 1.43. The number of hydrogen-bond acceptors (Lipinski definition) is 6. The van der Waals surface area contributed by atoms with E-state index in [0.717, 1.165) is 11.4 Å². The summed E-state index contributed by atoms with van der Waals surface area (Å²) < 4.78 is 5.94. The van der Waals surface area contributed by atoms with E-state index < -0.39 is 37.0 Å². The Labute approximate surface area is 179 Å². The maximum Gasteiger partial charge on any atom is 0.320 e. The van der Waals surface area contributed by atoms with Gasteiger partial charge in [0, 0.05) is 6.54 Å². The predicted molar refractivity (Wildman–Crippen MR) is 114 cm³/mol. The number of nitrogens with one attached hydrogen (secondary N) is 1. The zero-order valence-electron chi connectivity index (χ0n) is 19.2. The van der Waals surface area contributed by atoms with E-state index in [2.05, 4.69) is 26.1 Å². The van der Waals surface area contributed by atoms with Crippen LogP contribution in [0, 0.1) is 11.3 Å². The molecule has 0 saturated heterocycles. The molecule has 9 heteroatoms. The van der Waals surface area contributed by atoms with Crippen molar-refractivity contribution in [2.75, 3.05) is 32.8 Å². The standard InChI is InChI=1S/C21H40N2O7/c1-20(2,3)15(14-30-21(4,5)6)11-22-10-8-7-9-16(19(28)29)23(12-17(24)25)13-18(26)27/h15-16,22H,7-14H2,1-6H3,(H,24,25)(H,26,27)(H,28,29). The Morgan fingerprint density at radius 1 is 0.933 bits per heavy atom. The second-order valence-electron chi connectivity index (χ2n) is 9.73. The predicted octanol–water partition coefficient (Wildman–Crippen LogP) is 2.15. The molecule has 0 aromatic carbocycles. The summed E-state index contributed by atoms with van der Waals surface area (Å²) in [4.78, 5) is 34.4. The molecule has 0 amide bonds. The molecular formula is C21H40N2O7. The first-order valence-corrected chi connectivity index (χ1v) is 10.4. The molecule has 0 spiro atoms. The summed E-state index contributed by atoms with van der Waals surface area (Å²) in [5.74, 6) is -3.41. The fourth-order valence-electron chi connectivity index (χ4n) is 2.92. The van der Waals surface area contributed by atoms with E-state index in [-0.39, 0.29) is 17.4 Å². The molecule has 0 heterocycles. The number of carboxylic acid groups (broad SMARTS) is 3. The third-order valence-corrected chi connectivity index (χ3v) is 4.82. The average Bonchev–Trinajstić information content (AvgIpc) is 2.52. The molecule has 4 N–H and O–H groups in total. The van der Waals surface area contributed by atoms with Gasteiger partial charge in [-0.1, -0.05) is 27.2 Å². The van der Waals surface area contributed by atoms with Crippen molar-refractivity contribution in [3.8, 4) is 0 Å². The van der Waals surface area contributed by atoms with E-state index in [0.29, 0.717) is 31.9 Å². The minimum absolute atomic E-state index is 0.0703. The minimum atomic E-state index is -1.25. The van der Waals surface area contributed by atoms with Gasteiger partial charge >= 0.3 is 17.9 Å². The van der Waals surface area contributed by atoms with E-state index in [1.807, 2.05) is 20.8 Å². The van der Waals surface area contributed by atoms with Gasteiger partial charge in [-0.3, -0.25) is 19.3 Å². The highest BCUT2D eigenvalue weighted by atomic mass is 16.5. The highest BCUT2D eigenvalue weighted by Crippen LogP contribution is 2.27. The summed E-state index contributed by atoms with van der Waals surface area (Å²) in [7, 11) is 0. The molecule has 9 nitrogen and oxygen atoms in total. The Kier molecular flexibility index (Phi) is 12.1. The van der Waals surface area contributed by atoms with Crippen molar-refractivity contribution < 1.29 is 34.4 Å². The van der Waals surface area contributed by atoms with Crippen LogP contribution in [0.3, 0.4) is 0 Å². The van der Waals surface area contributed by atoms with Gasteiger partial charge in [0.25, 0.3) is 0 Å². The first-order chi connectivity index (χ1) is 13.6. The molecular weight excluding hydrogens is 392 g/mol. The van der Waals surface area contributed by atoms with Crippen molar-refractivity contribution in [3.05, 3.63) is 0 Å². The third kappa shape index (κ3) is 13.5. The first kappa shape index (κ1) is 28.3. The lowest BCUT2D eigenvalue weighted by Gasteiger charge is -2.33. The van der Waals surface area contributed by atoms with Crippen LogP contribution in [0.4, 0.5) is 0 Å². The zero-order valence-corrected chi connectivity index (χ0v) is 19.2. The number of carbonyl (C=O) groups is 3. The normalized spacial score (nSPS) is 14.5. The second kappa shape index (κ2) is 12.9. The van der Waals surface area contributed by atoms with Crippen LogP contribution in [0.2, 0.25) is 0 Å². The number of ether oxygens (including phenoxy) is 1. The molecule has 2 atom stereocenters. The highest BCUT2D eigenvalue weighted by molar-refractivity contribution is 5.78. The molecule has 0 saturated carbocycles. The smallest absolute Gasteiger partial charge is 0.320 e. The van der Waals surface area contributed by atoms with Crippen molar-refractivity contribution in [1.82, 2.24) is 10.2 Å². The third-order valence-electron chi connectivity index (χ3n) is 4.82. The Hall–Kier alpha value is -1.71. The van der Waals surface area contributed by atoms with Crippen LogP contribution in [0.5, 0.6) is 0 Å². The second-order valence-corrected chi connectivity index (χ2v) is 9.73. The Morgan fingerprint density at radius 3 is 1.87 bits per heavy atom. The minimum Gasteiger partial charge on any atom is -0.480 e. The maximum absolute atomic E-state index is 11.5. The fourth-order valence-corrected chi connectivity index (χ4v) is 2.92. The maximum atomic E-state index is 11.5. The monoisotopic (exact) mass is 432 g/mol. The molecule has 0 fully saturated rings. The van der Waals surface area contributed by atoms with E-state index in [4.69, 9.17) is 14.9 Å². The molecule has 2 unspecified atom stereocenters. The van der Waals surface area contributed by atoms with Crippen LogP contribution in [-0.4, -0.2) is 82.6 Å². The fraction of sp³-hybridized carbons (Fsp3) is 0.857. The van der Waals surface area contributed by atoms with Crippen molar-refractivity contribution in [2.24, 2.45) is 11.3 Å². The van der Waals surface area contributed by atoms with Gasteiger partial charge < -0.3 is 25.4 Å². The van der Waals surface area contributed by atoms with Gasteiger partial charge in [-0.2, -0.15) is 0 Å². The van der Waals surface area contributed by atoms with E-state index >= 15 is 0 Å². The number of nitrogens with zero attached hydrogens (tertiary/aromatic N) is 1. The van der Waals surface area contributed by atoms with Gasteiger partial charge in [0.15, 0.2) is 0 Å². The lowest BCUT2D eigenvalue weighted by atomic mass is 9.81. The van der Waals surface area contributed by atoms with E-state index in [1.54, 1.807) is 0 Å². The van der Waals surface area contributed by atoms with Crippen LogP contribution in [0.15, 0.2) is 0 Å². The molecule has 0 aromatic heterocycles. The zero-order chi connectivity index (χ0) is 23.5. The molecule has 30 heavy (non-hydrogen) atoms. The number of aliphatic carboxylic acids is 3. The molecule has 0 radical (unpaired) electrons. The Bertz CT molecular complexity index is 537. The summed E-state index contributed by atoms with van der Waals surface area (Å²) in [6, 6.07) is -1.14. The van der Waals surface area contributed by atoms with Crippen molar-refractivity contribution in [1.29, 1.82) is 0 Å². The number of carboxylic acids is 3. The van der Waals surface area contributed by atoms with Crippen molar-refractivity contribution >= 4 is 17.9 Å². The summed E-state index contributed by atoms with van der Waals surface area (Å²) in [5, 5.41) is 30.7. The van der Waals surface area contributed by atoms with Gasteiger partial charge in [0.2, 0.25) is 0 Å². The van der Waals surface area contributed by atoms with Crippen molar-refractivity contribution in [2.45, 2.75) is 72.4 Å². The van der Waals surface area contributed by atoms with Crippen molar-refractivity contribution in [3.63, 3.8) is 0 Å². The number of hydrogen-bond donors (Lipinski definition) is 4. The summed E-state index contributed by atoms with van der Waals surface area (Å²) >= 11 is 0.